The molecule has 0 bridgehead atoms. The van der Waals surface area contributed by atoms with Crippen molar-refractivity contribution in [3.05, 3.63) is 44.3 Å². The maximum absolute atomic E-state index is 8.75. The van der Waals surface area contributed by atoms with Crippen LogP contribution in [-0.2, 0) is 13.1 Å². The van der Waals surface area contributed by atoms with Crippen LogP contribution < -0.4 is 0 Å². The quantitative estimate of drug-likeness (QED) is 0.815. The number of hydrogen-bond donors (Lipinski definition) is 1. The van der Waals surface area contributed by atoms with Crippen LogP contribution in [0.15, 0.2) is 29.0 Å². The smallest absolute Gasteiger partial charge is 0.0540 e. The first-order valence-electron chi connectivity index (χ1n) is 7.12. The predicted molar refractivity (Wildman–Crippen MR) is 91.6 cm³/mol. The molecule has 0 radical (unpaired) electrons. The molecule has 0 saturated heterocycles. The van der Waals surface area contributed by atoms with Gasteiger partial charge in [0, 0.05) is 46.2 Å². The Kier molecular flexibility index (Phi) is 6.47. The first kappa shape index (κ1) is 16.3. The fraction of sp³-hybridized carbons (Fsp3) is 0.412. The van der Waals surface area contributed by atoms with Crippen molar-refractivity contribution in [3.63, 3.8) is 0 Å². The normalized spacial score (nSPS) is 10.9. The fourth-order valence-corrected chi connectivity index (χ4v) is 3.54. The van der Waals surface area contributed by atoms with Crippen molar-refractivity contribution in [1.29, 1.82) is 0 Å². The zero-order chi connectivity index (χ0) is 15.1. The summed E-state index contributed by atoms with van der Waals surface area (Å²) in [6.07, 6.45) is 0.543. The van der Waals surface area contributed by atoms with Crippen LogP contribution in [0.25, 0.3) is 0 Å². The van der Waals surface area contributed by atoms with E-state index in [-0.39, 0.29) is 6.61 Å². The standard InChI is InChI=1S/C17H21NOS2/c1-14(2)18(11-16-7-5-9-20-16)12-17-10-15(13-21-17)6-3-4-8-19/h5,7,9-10,13-14,19H,4,8,11-12H2,1-2H3. The molecule has 4 heteroatoms. The second kappa shape index (κ2) is 8.35. The summed E-state index contributed by atoms with van der Waals surface area (Å²) in [5.41, 5.74) is 1.06. The highest BCUT2D eigenvalue weighted by Crippen LogP contribution is 2.20. The monoisotopic (exact) mass is 319 g/mol. The third-order valence-corrected chi connectivity index (χ3v) is 4.93. The molecule has 0 aromatic carbocycles. The predicted octanol–water partition coefficient (Wildman–Crippen LogP) is 3.95. The van der Waals surface area contributed by atoms with Crippen molar-refractivity contribution < 1.29 is 5.11 Å². The number of nitrogens with zero attached hydrogens (tertiary/aromatic N) is 1. The van der Waals surface area contributed by atoms with Gasteiger partial charge < -0.3 is 5.11 Å². The highest BCUT2D eigenvalue weighted by molar-refractivity contribution is 7.10. The zero-order valence-electron chi connectivity index (χ0n) is 12.5. The first-order chi connectivity index (χ1) is 10.2. The molecule has 1 N–H and O–H groups in total. The molecule has 0 spiro atoms. The van der Waals surface area contributed by atoms with Gasteiger partial charge >= 0.3 is 0 Å². The van der Waals surface area contributed by atoms with Crippen molar-refractivity contribution >= 4 is 22.7 Å². The Morgan fingerprint density at radius 1 is 1.24 bits per heavy atom. The Hall–Kier alpha value is -1.12. The van der Waals surface area contributed by atoms with Crippen molar-refractivity contribution in [2.45, 2.75) is 39.4 Å². The number of aliphatic hydroxyl groups is 1. The van der Waals surface area contributed by atoms with E-state index >= 15 is 0 Å². The summed E-state index contributed by atoms with van der Waals surface area (Å²) in [7, 11) is 0. The van der Waals surface area contributed by atoms with Gasteiger partial charge in [-0.2, -0.15) is 0 Å². The van der Waals surface area contributed by atoms with Gasteiger partial charge in [0.1, 0.15) is 0 Å². The second-order valence-corrected chi connectivity index (χ2v) is 7.18. The molecule has 112 valence electrons. The molecule has 2 heterocycles. The van der Waals surface area contributed by atoms with Gasteiger partial charge in [0.15, 0.2) is 0 Å². The van der Waals surface area contributed by atoms with Crippen molar-refractivity contribution in [3.8, 4) is 11.8 Å². The van der Waals surface area contributed by atoms with E-state index in [4.69, 9.17) is 5.11 Å². The van der Waals surface area contributed by atoms with Crippen LogP contribution in [0.3, 0.4) is 0 Å². The van der Waals surface area contributed by atoms with Crippen LogP contribution in [0.2, 0.25) is 0 Å². The number of hydrogen-bond acceptors (Lipinski definition) is 4. The fourth-order valence-electron chi connectivity index (χ4n) is 1.97. The molecule has 2 aromatic rings. The largest absolute Gasteiger partial charge is 0.395 e. The maximum atomic E-state index is 8.75. The van der Waals surface area contributed by atoms with Crippen LogP contribution in [0, 0.1) is 11.8 Å². The van der Waals surface area contributed by atoms with Gasteiger partial charge in [0.2, 0.25) is 0 Å². The van der Waals surface area contributed by atoms with Crippen LogP contribution in [0.4, 0.5) is 0 Å². The van der Waals surface area contributed by atoms with Gasteiger partial charge in [0.25, 0.3) is 0 Å². The van der Waals surface area contributed by atoms with E-state index in [1.54, 1.807) is 11.3 Å². The summed E-state index contributed by atoms with van der Waals surface area (Å²) in [4.78, 5) is 5.22. The average Bonchev–Trinajstić information content (AvgIpc) is 3.10. The van der Waals surface area contributed by atoms with Gasteiger partial charge in [-0.05, 0) is 31.4 Å². The van der Waals surface area contributed by atoms with Crippen molar-refractivity contribution in [1.82, 2.24) is 4.90 Å². The van der Waals surface area contributed by atoms with Crippen molar-refractivity contribution in [2.75, 3.05) is 6.61 Å². The lowest BCUT2D eigenvalue weighted by atomic mass is 10.2. The van der Waals surface area contributed by atoms with E-state index in [1.807, 2.05) is 11.3 Å². The van der Waals surface area contributed by atoms with E-state index < -0.39 is 0 Å². The highest BCUT2D eigenvalue weighted by Gasteiger charge is 2.12. The first-order valence-corrected chi connectivity index (χ1v) is 8.88. The van der Waals surface area contributed by atoms with E-state index in [1.165, 1.54) is 9.75 Å². The second-order valence-electron chi connectivity index (χ2n) is 5.16. The van der Waals surface area contributed by atoms with Crippen LogP contribution in [0.5, 0.6) is 0 Å². The van der Waals surface area contributed by atoms with E-state index in [0.717, 1.165) is 18.7 Å². The Labute approximate surface area is 135 Å². The van der Waals surface area contributed by atoms with E-state index in [2.05, 4.69) is 59.5 Å². The third-order valence-electron chi connectivity index (χ3n) is 3.15. The van der Waals surface area contributed by atoms with Gasteiger partial charge in [-0.1, -0.05) is 17.9 Å². The molecule has 2 nitrogen and oxygen atoms in total. The molecule has 0 atom stereocenters. The summed E-state index contributed by atoms with van der Waals surface area (Å²) in [5, 5.41) is 13.0. The Bertz CT molecular complexity index is 590. The topological polar surface area (TPSA) is 23.5 Å². The molecule has 0 aliphatic rings. The average molecular weight is 319 g/mol. The molecule has 0 amide bonds. The van der Waals surface area contributed by atoms with Gasteiger partial charge in [-0.3, -0.25) is 4.90 Å². The van der Waals surface area contributed by atoms with E-state index in [0.29, 0.717) is 12.5 Å². The molecule has 2 aromatic heterocycles. The highest BCUT2D eigenvalue weighted by atomic mass is 32.1. The molecule has 0 aliphatic heterocycles. The Morgan fingerprint density at radius 3 is 2.71 bits per heavy atom. The third kappa shape index (κ3) is 5.29. The zero-order valence-corrected chi connectivity index (χ0v) is 14.1. The Balaban J connectivity index is 1.99. The van der Waals surface area contributed by atoms with Gasteiger partial charge in [-0.25, -0.2) is 0 Å². The molecular formula is C17H21NOS2. The van der Waals surface area contributed by atoms with Crippen LogP contribution in [0.1, 0.15) is 35.6 Å². The summed E-state index contributed by atoms with van der Waals surface area (Å²) >= 11 is 3.58. The van der Waals surface area contributed by atoms with Crippen molar-refractivity contribution in [2.24, 2.45) is 0 Å². The van der Waals surface area contributed by atoms with Gasteiger partial charge in [-0.15, -0.1) is 22.7 Å². The molecule has 0 fully saturated rings. The molecule has 21 heavy (non-hydrogen) atoms. The van der Waals surface area contributed by atoms with Crippen LogP contribution in [-0.4, -0.2) is 22.7 Å². The van der Waals surface area contributed by atoms with E-state index in [9.17, 15) is 0 Å². The molecule has 0 saturated carbocycles. The summed E-state index contributed by atoms with van der Waals surface area (Å²) in [6.45, 7) is 6.57. The van der Waals surface area contributed by atoms with Gasteiger partial charge in [0.05, 0.1) is 6.61 Å². The molecule has 0 aliphatic carbocycles. The number of aliphatic hydroxyl groups excluding tert-OH is 1. The minimum Gasteiger partial charge on any atom is -0.395 e. The molecule has 0 unspecified atom stereocenters. The number of rotatable bonds is 6. The summed E-state index contributed by atoms with van der Waals surface area (Å²) in [6, 6.07) is 6.98. The SMILES string of the molecule is CC(C)N(Cc1cccs1)Cc1cc(C#CCCO)cs1. The lowest BCUT2D eigenvalue weighted by molar-refractivity contribution is 0.207. The lowest BCUT2D eigenvalue weighted by Crippen LogP contribution is -2.29. The maximum Gasteiger partial charge on any atom is 0.0540 e. The minimum atomic E-state index is 0.131. The number of thiophene rings is 2. The Morgan fingerprint density at radius 2 is 2.05 bits per heavy atom. The lowest BCUT2D eigenvalue weighted by Gasteiger charge is -2.25. The molecule has 2 rings (SSSR count). The van der Waals surface area contributed by atoms with Crippen LogP contribution >= 0.6 is 22.7 Å². The minimum absolute atomic E-state index is 0.131. The molecular weight excluding hydrogens is 298 g/mol. The summed E-state index contributed by atoms with van der Waals surface area (Å²) < 4.78 is 0. The summed E-state index contributed by atoms with van der Waals surface area (Å²) in [5.74, 6) is 6.07.